The molecule has 0 amide bonds. The molecule has 2 nitrogen and oxygen atoms in total. The highest BCUT2D eigenvalue weighted by molar-refractivity contribution is 6.74. The molecule has 0 spiro atoms. The standard InChI is InChI=1S/C26H42O2Si/c1-20-15-16-23(26(6,7)22-13-11-10-12-14-22)24(19-20)27-18-17-21(2)28-29(8,9)25(3,4)5/h10-14,17-18,20,23-24H,2,15-16,19H2,1,3-9H3/b18-17+/t20-,23-,24?/m1/s1. The van der Waals surface area contributed by atoms with Crippen LogP contribution in [-0.4, -0.2) is 14.4 Å². The minimum Gasteiger partial charge on any atom is -0.544 e. The maximum Gasteiger partial charge on any atom is 0.250 e. The van der Waals surface area contributed by atoms with Crippen LogP contribution >= 0.6 is 0 Å². The topological polar surface area (TPSA) is 18.5 Å². The van der Waals surface area contributed by atoms with E-state index in [9.17, 15) is 0 Å². The lowest BCUT2D eigenvalue weighted by Crippen LogP contribution is -2.42. The van der Waals surface area contributed by atoms with Gasteiger partial charge in [0.05, 0.1) is 12.0 Å². The van der Waals surface area contributed by atoms with Crippen molar-refractivity contribution in [2.45, 2.75) is 90.5 Å². The fraction of sp³-hybridized carbons (Fsp3) is 0.615. The predicted molar refractivity (Wildman–Crippen MR) is 127 cm³/mol. The van der Waals surface area contributed by atoms with E-state index in [0.29, 0.717) is 17.6 Å². The monoisotopic (exact) mass is 414 g/mol. The van der Waals surface area contributed by atoms with Gasteiger partial charge >= 0.3 is 0 Å². The van der Waals surface area contributed by atoms with Crippen molar-refractivity contribution in [1.82, 2.24) is 0 Å². The Labute approximate surface area is 180 Å². The molecule has 0 bridgehead atoms. The van der Waals surface area contributed by atoms with E-state index in [1.807, 2.05) is 12.3 Å². The zero-order chi connectivity index (χ0) is 21.9. The first-order chi connectivity index (χ1) is 13.3. The molecular formula is C26H42O2Si. The normalized spacial score (nSPS) is 23.8. The summed E-state index contributed by atoms with van der Waals surface area (Å²) in [5.74, 6) is 1.89. The number of ether oxygens (including phenoxy) is 1. The number of benzene rings is 1. The van der Waals surface area contributed by atoms with Crippen LogP contribution in [0.3, 0.4) is 0 Å². The molecule has 3 heteroatoms. The molecule has 0 radical (unpaired) electrons. The summed E-state index contributed by atoms with van der Waals surface area (Å²) in [5, 5.41) is 0.161. The van der Waals surface area contributed by atoms with Gasteiger partial charge in [-0.15, -0.1) is 0 Å². The molecule has 0 aliphatic heterocycles. The summed E-state index contributed by atoms with van der Waals surface area (Å²) in [6.45, 7) is 22.4. The van der Waals surface area contributed by atoms with E-state index in [2.05, 4.69) is 91.5 Å². The maximum absolute atomic E-state index is 6.34. The van der Waals surface area contributed by atoms with Crippen LogP contribution in [0.1, 0.15) is 66.4 Å². The highest BCUT2D eigenvalue weighted by atomic mass is 28.4. The first-order valence-electron chi connectivity index (χ1n) is 11.1. The molecule has 0 N–H and O–H groups in total. The SMILES string of the molecule is C=C(/C=C/OC1C[C@H](C)CC[C@H]1C(C)(C)c1ccccc1)O[Si](C)(C)C(C)(C)C. The van der Waals surface area contributed by atoms with Gasteiger partial charge < -0.3 is 9.16 Å². The number of allylic oxidation sites excluding steroid dienone is 1. The van der Waals surface area contributed by atoms with Crippen molar-refractivity contribution in [3.05, 3.63) is 60.6 Å². The van der Waals surface area contributed by atoms with Gasteiger partial charge in [-0.05, 0) is 47.9 Å². The van der Waals surface area contributed by atoms with Gasteiger partial charge in [-0.25, -0.2) is 0 Å². The van der Waals surface area contributed by atoms with E-state index in [4.69, 9.17) is 9.16 Å². The molecule has 1 fully saturated rings. The number of rotatable bonds is 7. The molecule has 1 unspecified atom stereocenters. The van der Waals surface area contributed by atoms with Crippen molar-refractivity contribution in [3.63, 3.8) is 0 Å². The van der Waals surface area contributed by atoms with Crippen LogP contribution in [0, 0.1) is 11.8 Å². The van der Waals surface area contributed by atoms with Gasteiger partial charge in [0.1, 0.15) is 6.10 Å². The number of hydrogen-bond donors (Lipinski definition) is 0. The van der Waals surface area contributed by atoms with Gasteiger partial charge in [0.15, 0.2) is 0 Å². The van der Waals surface area contributed by atoms with Crippen molar-refractivity contribution in [1.29, 1.82) is 0 Å². The van der Waals surface area contributed by atoms with E-state index in [0.717, 1.165) is 6.42 Å². The summed E-state index contributed by atoms with van der Waals surface area (Å²) in [7, 11) is -1.86. The molecule has 1 saturated carbocycles. The molecule has 0 saturated heterocycles. The van der Waals surface area contributed by atoms with E-state index in [1.165, 1.54) is 18.4 Å². The van der Waals surface area contributed by atoms with Crippen molar-refractivity contribution >= 4 is 8.32 Å². The van der Waals surface area contributed by atoms with Crippen LogP contribution in [-0.2, 0) is 14.6 Å². The minimum atomic E-state index is -1.86. The van der Waals surface area contributed by atoms with Crippen molar-refractivity contribution < 1.29 is 9.16 Å². The first-order valence-corrected chi connectivity index (χ1v) is 14.0. The maximum atomic E-state index is 6.34. The highest BCUT2D eigenvalue weighted by Crippen LogP contribution is 2.43. The molecule has 3 atom stereocenters. The molecule has 0 aromatic heterocycles. The number of hydrogen-bond acceptors (Lipinski definition) is 2. The van der Waals surface area contributed by atoms with Crippen LogP contribution in [0.4, 0.5) is 0 Å². The zero-order valence-corrected chi connectivity index (χ0v) is 20.9. The molecule has 1 aliphatic rings. The summed E-state index contributed by atoms with van der Waals surface area (Å²) in [5.41, 5.74) is 1.47. The Balaban J connectivity index is 2.08. The Bertz CT molecular complexity index is 697. The Hall–Kier alpha value is -1.48. The molecule has 1 aliphatic carbocycles. The van der Waals surface area contributed by atoms with Gasteiger partial charge in [-0.1, -0.05) is 84.9 Å². The third kappa shape index (κ3) is 6.01. The van der Waals surface area contributed by atoms with Crippen molar-refractivity contribution in [2.24, 2.45) is 11.8 Å². The lowest BCUT2D eigenvalue weighted by molar-refractivity contribution is 0.00236. The lowest BCUT2D eigenvalue weighted by atomic mass is 9.64. The summed E-state index contributed by atoms with van der Waals surface area (Å²) in [4.78, 5) is 0. The Morgan fingerprint density at radius 1 is 1.07 bits per heavy atom. The van der Waals surface area contributed by atoms with Gasteiger partial charge in [-0.2, -0.15) is 0 Å². The minimum absolute atomic E-state index is 0.0779. The zero-order valence-electron chi connectivity index (χ0n) is 19.9. The van der Waals surface area contributed by atoms with Gasteiger partial charge in [0.2, 0.25) is 8.32 Å². The molecular weight excluding hydrogens is 372 g/mol. The third-order valence-corrected chi connectivity index (χ3v) is 11.6. The van der Waals surface area contributed by atoms with Gasteiger partial charge in [0.25, 0.3) is 0 Å². The van der Waals surface area contributed by atoms with E-state index < -0.39 is 8.32 Å². The van der Waals surface area contributed by atoms with Gasteiger partial charge in [0, 0.05) is 12.0 Å². The highest BCUT2D eigenvalue weighted by Gasteiger charge is 2.41. The van der Waals surface area contributed by atoms with Crippen LogP contribution in [0.2, 0.25) is 18.1 Å². The van der Waals surface area contributed by atoms with Gasteiger partial charge in [-0.3, -0.25) is 0 Å². The Morgan fingerprint density at radius 3 is 2.28 bits per heavy atom. The molecule has 1 aromatic rings. The van der Waals surface area contributed by atoms with E-state index >= 15 is 0 Å². The fourth-order valence-corrected chi connectivity index (χ4v) is 5.15. The van der Waals surface area contributed by atoms with Crippen LogP contribution < -0.4 is 0 Å². The molecule has 29 heavy (non-hydrogen) atoms. The smallest absolute Gasteiger partial charge is 0.250 e. The summed E-state index contributed by atoms with van der Waals surface area (Å²) < 4.78 is 12.6. The average Bonchev–Trinajstić information content (AvgIpc) is 2.61. The molecule has 1 aromatic carbocycles. The van der Waals surface area contributed by atoms with Crippen LogP contribution in [0.5, 0.6) is 0 Å². The Morgan fingerprint density at radius 2 is 1.69 bits per heavy atom. The average molecular weight is 415 g/mol. The van der Waals surface area contributed by atoms with E-state index in [1.54, 1.807) is 0 Å². The van der Waals surface area contributed by atoms with Crippen molar-refractivity contribution in [3.8, 4) is 0 Å². The van der Waals surface area contributed by atoms with Crippen molar-refractivity contribution in [2.75, 3.05) is 0 Å². The lowest BCUT2D eigenvalue weighted by Gasteiger charge is -2.44. The predicted octanol–water partition coefficient (Wildman–Crippen LogP) is 7.83. The van der Waals surface area contributed by atoms with E-state index in [-0.39, 0.29) is 16.6 Å². The second kappa shape index (κ2) is 9.12. The summed E-state index contributed by atoms with van der Waals surface area (Å²) in [6, 6.07) is 10.9. The summed E-state index contributed by atoms with van der Waals surface area (Å²) in [6.07, 6.45) is 7.51. The molecule has 2 rings (SSSR count). The van der Waals surface area contributed by atoms with Crippen LogP contribution in [0.25, 0.3) is 0 Å². The molecule has 162 valence electrons. The fourth-order valence-electron chi connectivity index (χ4n) is 4.12. The van der Waals surface area contributed by atoms with Crippen LogP contribution in [0.15, 0.2) is 55.0 Å². The second-order valence-corrected chi connectivity index (χ2v) is 15.6. The molecule has 0 heterocycles. The summed E-state index contributed by atoms with van der Waals surface area (Å²) >= 11 is 0. The largest absolute Gasteiger partial charge is 0.544 e. The first kappa shape index (κ1) is 23.8. The quantitative estimate of drug-likeness (QED) is 0.257. The second-order valence-electron chi connectivity index (χ2n) is 10.9. The third-order valence-electron chi connectivity index (χ3n) is 7.20. The Kier molecular flexibility index (Phi) is 7.48.